The topological polar surface area (TPSA) is 37.8 Å². The van der Waals surface area contributed by atoms with Gasteiger partial charge in [0, 0.05) is 41.8 Å². The highest BCUT2D eigenvalue weighted by atomic mass is 32.1. The van der Waals surface area contributed by atoms with Crippen LogP contribution in [0.2, 0.25) is 0 Å². The molecule has 1 N–H and O–H groups in total. The molecule has 2 aromatic heterocycles. The molecule has 0 fully saturated rings. The quantitative estimate of drug-likeness (QED) is 0.919. The smallest absolute Gasteiger partial charge is 0.0988 e. The second-order valence-corrected chi connectivity index (χ2v) is 6.28. The zero-order chi connectivity index (χ0) is 13.2. The van der Waals surface area contributed by atoms with E-state index < -0.39 is 0 Å². The Morgan fingerprint density at radius 3 is 2.72 bits per heavy atom. The maximum atomic E-state index is 4.69. The van der Waals surface area contributed by atoms with Gasteiger partial charge in [0.25, 0.3) is 0 Å². The van der Waals surface area contributed by atoms with E-state index in [0.29, 0.717) is 0 Å². The van der Waals surface area contributed by atoms with Gasteiger partial charge in [-0.3, -0.25) is 4.98 Å². The Kier molecular flexibility index (Phi) is 3.66. The highest BCUT2D eigenvalue weighted by Crippen LogP contribution is 2.25. The molecule has 2 heterocycles. The van der Waals surface area contributed by atoms with E-state index in [2.05, 4.69) is 42.5 Å². The number of pyridine rings is 1. The molecule has 0 aromatic carbocycles. The number of aromatic nitrogens is 2. The lowest BCUT2D eigenvalue weighted by atomic mass is 9.93. The minimum absolute atomic E-state index is 0.120. The van der Waals surface area contributed by atoms with Crippen LogP contribution in [0.15, 0.2) is 23.7 Å². The SMILES string of the molecule is CNc1ccnc(Cc2nc(C(C)(C)C)cs2)c1. The Labute approximate surface area is 112 Å². The van der Waals surface area contributed by atoms with Gasteiger partial charge >= 0.3 is 0 Å². The summed E-state index contributed by atoms with van der Waals surface area (Å²) in [5.41, 5.74) is 3.42. The summed E-state index contributed by atoms with van der Waals surface area (Å²) in [6, 6.07) is 4.03. The molecular weight excluding hydrogens is 242 g/mol. The second-order valence-electron chi connectivity index (χ2n) is 5.34. The van der Waals surface area contributed by atoms with E-state index in [-0.39, 0.29) is 5.41 Å². The van der Waals surface area contributed by atoms with Crippen molar-refractivity contribution in [2.75, 3.05) is 12.4 Å². The van der Waals surface area contributed by atoms with Crippen LogP contribution in [0.25, 0.3) is 0 Å². The average molecular weight is 261 g/mol. The van der Waals surface area contributed by atoms with E-state index in [0.717, 1.165) is 28.5 Å². The first-order valence-electron chi connectivity index (χ1n) is 6.06. The molecule has 0 aliphatic carbocycles. The molecule has 2 rings (SSSR count). The zero-order valence-corrected chi connectivity index (χ0v) is 12.1. The van der Waals surface area contributed by atoms with Gasteiger partial charge in [-0.2, -0.15) is 0 Å². The van der Waals surface area contributed by atoms with Crippen molar-refractivity contribution in [2.45, 2.75) is 32.6 Å². The van der Waals surface area contributed by atoms with Gasteiger partial charge in [-0.05, 0) is 12.1 Å². The van der Waals surface area contributed by atoms with Gasteiger partial charge < -0.3 is 5.32 Å². The summed E-state index contributed by atoms with van der Waals surface area (Å²) in [6.07, 6.45) is 2.63. The Bertz CT molecular complexity index is 526. The summed E-state index contributed by atoms with van der Waals surface area (Å²) in [4.78, 5) is 9.07. The van der Waals surface area contributed by atoms with E-state index in [1.54, 1.807) is 11.3 Å². The van der Waals surface area contributed by atoms with Crippen LogP contribution in [0.3, 0.4) is 0 Å². The van der Waals surface area contributed by atoms with Gasteiger partial charge in [0.2, 0.25) is 0 Å². The molecule has 0 radical (unpaired) electrons. The third kappa shape index (κ3) is 3.07. The van der Waals surface area contributed by atoms with Crippen molar-refractivity contribution in [3.63, 3.8) is 0 Å². The normalized spacial score (nSPS) is 11.6. The number of nitrogens with zero attached hydrogens (tertiary/aromatic N) is 2. The summed E-state index contributed by atoms with van der Waals surface area (Å²) in [6.45, 7) is 6.56. The molecule has 0 saturated heterocycles. The molecule has 0 aliphatic rings. The summed E-state index contributed by atoms with van der Waals surface area (Å²) >= 11 is 1.71. The summed E-state index contributed by atoms with van der Waals surface area (Å²) in [7, 11) is 1.92. The second kappa shape index (κ2) is 5.06. The van der Waals surface area contributed by atoms with Crippen LogP contribution in [-0.4, -0.2) is 17.0 Å². The zero-order valence-electron chi connectivity index (χ0n) is 11.3. The number of thiazole rings is 1. The minimum Gasteiger partial charge on any atom is -0.388 e. The Morgan fingerprint density at radius 2 is 2.11 bits per heavy atom. The molecule has 0 amide bonds. The molecule has 0 spiro atoms. The number of hydrogen-bond acceptors (Lipinski definition) is 4. The van der Waals surface area contributed by atoms with Crippen LogP contribution in [0.5, 0.6) is 0 Å². The molecule has 0 atom stereocenters. The Morgan fingerprint density at radius 1 is 1.33 bits per heavy atom. The fourth-order valence-corrected chi connectivity index (χ4v) is 2.66. The lowest BCUT2D eigenvalue weighted by molar-refractivity contribution is 0.571. The van der Waals surface area contributed by atoms with Gasteiger partial charge in [-0.1, -0.05) is 20.8 Å². The molecule has 0 unspecified atom stereocenters. The van der Waals surface area contributed by atoms with E-state index in [1.165, 1.54) is 0 Å². The van der Waals surface area contributed by atoms with Crippen molar-refractivity contribution >= 4 is 17.0 Å². The molecule has 18 heavy (non-hydrogen) atoms. The molecule has 4 heteroatoms. The van der Waals surface area contributed by atoms with E-state index in [1.807, 2.05) is 19.3 Å². The first-order valence-corrected chi connectivity index (χ1v) is 6.94. The van der Waals surface area contributed by atoms with Crippen LogP contribution < -0.4 is 5.32 Å². The summed E-state index contributed by atoms with van der Waals surface area (Å²) < 4.78 is 0. The summed E-state index contributed by atoms with van der Waals surface area (Å²) in [5, 5.41) is 6.40. The van der Waals surface area contributed by atoms with Crippen molar-refractivity contribution in [2.24, 2.45) is 0 Å². The van der Waals surface area contributed by atoms with Gasteiger partial charge in [0.05, 0.1) is 10.7 Å². The third-order valence-electron chi connectivity index (χ3n) is 2.76. The maximum absolute atomic E-state index is 4.69. The Hall–Kier alpha value is -1.42. The van der Waals surface area contributed by atoms with Crippen LogP contribution in [0, 0.1) is 0 Å². The Balaban J connectivity index is 2.16. The predicted molar refractivity (Wildman–Crippen MR) is 77.4 cm³/mol. The van der Waals surface area contributed by atoms with Gasteiger partial charge in [0.15, 0.2) is 0 Å². The van der Waals surface area contributed by atoms with Crippen molar-refractivity contribution < 1.29 is 0 Å². The van der Waals surface area contributed by atoms with Crippen molar-refractivity contribution in [3.05, 3.63) is 40.1 Å². The maximum Gasteiger partial charge on any atom is 0.0988 e. The first kappa shape index (κ1) is 13.0. The molecule has 0 bridgehead atoms. The van der Waals surface area contributed by atoms with Crippen LogP contribution >= 0.6 is 11.3 Å². The fraction of sp³-hybridized carbons (Fsp3) is 0.429. The van der Waals surface area contributed by atoms with Crippen molar-refractivity contribution in [1.82, 2.24) is 9.97 Å². The first-order chi connectivity index (χ1) is 8.49. The van der Waals surface area contributed by atoms with Crippen molar-refractivity contribution in [1.29, 1.82) is 0 Å². The van der Waals surface area contributed by atoms with Crippen LogP contribution in [0.4, 0.5) is 5.69 Å². The van der Waals surface area contributed by atoms with E-state index in [9.17, 15) is 0 Å². The molecule has 96 valence electrons. The van der Waals surface area contributed by atoms with Crippen LogP contribution in [0.1, 0.15) is 37.2 Å². The number of rotatable bonds is 3. The number of nitrogens with one attached hydrogen (secondary N) is 1. The molecule has 3 nitrogen and oxygen atoms in total. The van der Waals surface area contributed by atoms with Crippen LogP contribution in [-0.2, 0) is 11.8 Å². The van der Waals surface area contributed by atoms with Crippen molar-refractivity contribution in [3.8, 4) is 0 Å². The standard InChI is InChI=1S/C14H19N3S/c1-14(2,3)12-9-18-13(17-12)8-11-7-10(15-4)5-6-16-11/h5-7,9H,8H2,1-4H3,(H,15,16). The predicted octanol–water partition coefficient (Wildman–Crippen LogP) is 3.47. The summed E-state index contributed by atoms with van der Waals surface area (Å²) in [5.74, 6) is 0. The highest BCUT2D eigenvalue weighted by molar-refractivity contribution is 7.09. The van der Waals surface area contributed by atoms with Gasteiger partial charge in [-0.25, -0.2) is 4.98 Å². The number of hydrogen-bond donors (Lipinski definition) is 1. The molecule has 0 aliphatic heterocycles. The largest absolute Gasteiger partial charge is 0.388 e. The fourth-order valence-electron chi connectivity index (χ4n) is 1.62. The minimum atomic E-state index is 0.120. The lowest BCUT2D eigenvalue weighted by Gasteiger charge is -2.14. The van der Waals surface area contributed by atoms with Gasteiger partial charge in [0.1, 0.15) is 0 Å². The van der Waals surface area contributed by atoms with E-state index >= 15 is 0 Å². The van der Waals surface area contributed by atoms with Gasteiger partial charge in [-0.15, -0.1) is 11.3 Å². The lowest BCUT2D eigenvalue weighted by Crippen LogP contribution is -2.11. The third-order valence-corrected chi connectivity index (χ3v) is 3.61. The van der Waals surface area contributed by atoms with E-state index in [4.69, 9.17) is 4.98 Å². The number of anilines is 1. The molecule has 2 aromatic rings. The highest BCUT2D eigenvalue weighted by Gasteiger charge is 2.17. The monoisotopic (exact) mass is 261 g/mol. The molecule has 0 saturated carbocycles. The molecular formula is C14H19N3S. The average Bonchev–Trinajstić information content (AvgIpc) is 2.77.